The van der Waals surface area contributed by atoms with Crippen LogP contribution >= 0.6 is 0 Å². The molecule has 1 aromatic rings. The molecule has 0 aromatic heterocycles. The van der Waals surface area contributed by atoms with Gasteiger partial charge < -0.3 is 15.8 Å². The highest BCUT2D eigenvalue weighted by Crippen LogP contribution is 2.31. The molecule has 1 fully saturated rings. The van der Waals surface area contributed by atoms with Gasteiger partial charge in [0.1, 0.15) is 5.75 Å². The highest BCUT2D eigenvalue weighted by atomic mass is 32.2. The van der Waals surface area contributed by atoms with Gasteiger partial charge in [-0.25, -0.2) is 8.42 Å². The van der Waals surface area contributed by atoms with Crippen molar-refractivity contribution in [1.82, 2.24) is 5.32 Å². The first kappa shape index (κ1) is 15.1. The van der Waals surface area contributed by atoms with Crippen LogP contribution in [0.4, 0.5) is 0 Å². The first-order chi connectivity index (χ1) is 10.6. The van der Waals surface area contributed by atoms with Gasteiger partial charge in [-0.05, 0) is 18.9 Å². The van der Waals surface area contributed by atoms with Crippen molar-refractivity contribution in [3.8, 4) is 5.75 Å². The minimum atomic E-state index is -2.97. The van der Waals surface area contributed by atoms with Gasteiger partial charge in [0.2, 0.25) is 0 Å². The molecule has 22 heavy (non-hydrogen) atoms. The summed E-state index contributed by atoms with van der Waals surface area (Å²) in [6.45, 7) is 0.834. The minimum absolute atomic E-state index is 0.0498. The van der Waals surface area contributed by atoms with Gasteiger partial charge in [-0.15, -0.1) is 0 Å². The average Bonchev–Trinajstić information content (AvgIpc) is 3.32. The van der Waals surface area contributed by atoms with E-state index in [-0.39, 0.29) is 29.5 Å². The second-order valence-electron chi connectivity index (χ2n) is 5.71. The zero-order valence-corrected chi connectivity index (χ0v) is 13.2. The number of nitrogens with zero attached hydrogens (tertiary/aromatic N) is 1. The molecule has 3 rings (SSSR count). The van der Waals surface area contributed by atoms with Crippen LogP contribution in [0.3, 0.4) is 0 Å². The van der Waals surface area contributed by atoms with Crippen molar-refractivity contribution in [2.45, 2.75) is 30.6 Å². The molecule has 0 radical (unpaired) electrons. The van der Waals surface area contributed by atoms with E-state index in [9.17, 15) is 8.42 Å². The number of fused-ring (bicyclic) bond motifs is 1. The molecule has 0 spiro atoms. The molecule has 6 nitrogen and oxygen atoms in total. The van der Waals surface area contributed by atoms with Crippen molar-refractivity contribution >= 4 is 15.8 Å². The fourth-order valence-corrected chi connectivity index (χ4v) is 4.14. The zero-order valence-electron chi connectivity index (χ0n) is 12.4. The van der Waals surface area contributed by atoms with Crippen molar-refractivity contribution in [2.24, 2.45) is 10.7 Å². The number of rotatable bonds is 5. The molecule has 1 heterocycles. The Morgan fingerprint density at radius 3 is 2.86 bits per heavy atom. The normalized spacial score (nSPS) is 21.8. The Bertz CT molecular complexity index is 668. The van der Waals surface area contributed by atoms with Crippen LogP contribution in [-0.2, 0) is 9.84 Å². The number of sulfone groups is 1. The van der Waals surface area contributed by atoms with Gasteiger partial charge in [-0.1, -0.05) is 18.2 Å². The Hall–Kier alpha value is -1.76. The Balaban J connectivity index is 1.58. The molecule has 0 bridgehead atoms. The summed E-state index contributed by atoms with van der Waals surface area (Å²) in [5, 5.41) is 3.02. The van der Waals surface area contributed by atoms with E-state index < -0.39 is 9.84 Å². The summed E-state index contributed by atoms with van der Waals surface area (Å²) < 4.78 is 29.2. The largest absolute Gasteiger partial charge is 0.493 e. The summed E-state index contributed by atoms with van der Waals surface area (Å²) in [6.07, 6.45) is 2.38. The Morgan fingerprint density at radius 2 is 2.09 bits per heavy atom. The van der Waals surface area contributed by atoms with Crippen LogP contribution in [-0.4, -0.2) is 38.5 Å². The first-order valence-electron chi connectivity index (χ1n) is 7.56. The molecule has 3 N–H and O–H groups in total. The van der Waals surface area contributed by atoms with E-state index >= 15 is 0 Å². The van der Waals surface area contributed by atoms with Gasteiger partial charge in [-0.3, -0.25) is 4.99 Å². The minimum Gasteiger partial charge on any atom is -0.493 e. The Kier molecular flexibility index (Phi) is 4.24. The molecule has 1 atom stereocenters. The van der Waals surface area contributed by atoms with Crippen molar-refractivity contribution < 1.29 is 13.2 Å². The third-order valence-corrected chi connectivity index (χ3v) is 6.21. The van der Waals surface area contributed by atoms with Crippen molar-refractivity contribution in [3.05, 3.63) is 29.8 Å². The summed E-state index contributed by atoms with van der Waals surface area (Å²) in [5.41, 5.74) is 6.94. The first-order valence-corrected chi connectivity index (χ1v) is 9.27. The van der Waals surface area contributed by atoms with E-state index in [1.165, 1.54) is 0 Å². The number of para-hydroxylation sites is 1. The van der Waals surface area contributed by atoms with Gasteiger partial charge in [0, 0.05) is 12.0 Å². The van der Waals surface area contributed by atoms with Crippen LogP contribution in [0.5, 0.6) is 5.75 Å². The summed E-state index contributed by atoms with van der Waals surface area (Å²) in [7, 11) is -2.97. The molecule has 1 saturated carbocycles. The number of hydrogen-bond acceptors (Lipinski definition) is 4. The molecule has 0 amide bonds. The number of nitrogens with one attached hydrogen (secondary N) is 1. The molecular formula is C15H21N3O3S. The summed E-state index contributed by atoms with van der Waals surface area (Å²) in [4.78, 5) is 4.15. The SMILES string of the molecule is NC(=NCCS(=O)(=O)C1CC1)NC1CCOc2ccccc21. The third-order valence-electron chi connectivity index (χ3n) is 3.97. The predicted molar refractivity (Wildman–Crippen MR) is 85.7 cm³/mol. The van der Waals surface area contributed by atoms with Crippen molar-refractivity contribution in [2.75, 3.05) is 18.9 Å². The maximum atomic E-state index is 11.8. The molecule has 1 unspecified atom stereocenters. The van der Waals surface area contributed by atoms with E-state index in [0.717, 1.165) is 30.6 Å². The second kappa shape index (κ2) is 6.16. The van der Waals surface area contributed by atoms with Crippen LogP contribution in [0.1, 0.15) is 30.9 Å². The van der Waals surface area contributed by atoms with Gasteiger partial charge >= 0.3 is 0 Å². The Morgan fingerprint density at radius 1 is 1.32 bits per heavy atom. The quantitative estimate of drug-likeness (QED) is 0.622. The predicted octanol–water partition coefficient (Wildman–Crippen LogP) is 0.992. The van der Waals surface area contributed by atoms with Gasteiger partial charge in [-0.2, -0.15) is 0 Å². The highest BCUT2D eigenvalue weighted by Gasteiger charge is 2.34. The fraction of sp³-hybridized carbons (Fsp3) is 0.533. The van der Waals surface area contributed by atoms with Crippen LogP contribution < -0.4 is 15.8 Å². The number of guanidine groups is 1. The molecule has 120 valence electrons. The second-order valence-corrected chi connectivity index (χ2v) is 8.11. The maximum absolute atomic E-state index is 11.8. The maximum Gasteiger partial charge on any atom is 0.189 e. The lowest BCUT2D eigenvalue weighted by molar-refractivity contribution is 0.262. The topological polar surface area (TPSA) is 93.8 Å². The summed E-state index contributed by atoms with van der Waals surface area (Å²) >= 11 is 0. The zero-order chi connectivity index (χ0) is 15.6. The van der Waals surface area contributed by atoms with E-state index in [1.807, 2.05) is 24.3 Å². The lowest BCUT2D eigenvalue weighted by atomic mass is 10.0. The number of benzene rings is 1. The standard InChI is InChI=1S/C15H21N3O3S/c16-15(17-8-10-22(19,20)11-5-6-11)18-13-7-9-21-14-4-2-1-3-12(13)14/h1-4,11,13H,5-10H2,(H3,16,17,18). The summed E-state index contributed by atoms with van der Waals surface area (Å²) in [6, 6.07) is 7.86. The van der Waals surface area contributed by atoms with E-state index in [2.05, 4.69) is 10.3 Å². The summed E-state index contributed by atoms with van der Waals surface area (Å²) in [5.74, 6) is 1.22. The highest BCUT2D eigenvalue weighted by molar-refractivity contribution is 7.92. The van der Waals surface area contributed by atoms with Gasteiger partial charge in [0.15, 0.2) is 15.8 Å². The monoisotopic (exact) mass is 323 g/mol. The number of nitrogens with two attached hydrogens (primary N) is 1. The van der Waals surface area contributed by atoms with E-state index in [4.69, 9.17) is 10.5 Å². The lowest BCUT2D eigenvalue weighted by Crippen LogP contribution is -2.37. The van der Waals surface area contributed by atoms with E-state index in [1.54, 1.807) is 0 Å². The van der Waals surface area contributed by atoms with Crippen molar-refractivity contribution in [3.63, 3.8) is 0 Å². The van der Waals surface area contributed by atoms with Crippen LogP contribution in [0.25, 0.3) is 0 Å². The van der Waals surface area contributed by atoms with Gasteiger partial charge in [0.05, 0.1) is 30.2 Å². The average molecular weight is 323 g/mol. The third kappa shape index (κ3) is 3.52. The van der Waals surface area contributed by atoms with Crippen LogP contribution in [0.15, 0.2) is 29.3 Å². The van der Waals surface area contributed by atoms with Crippen LogP contribution in [0.2, 0.25) is 0 Å². The smallest absolute Gasteiger partial charge is 0.189 e. The molecule has 1 aromatic carbocycles. The van der Waals surface area contributed by atoms with E-state index in [0.29, 0.717) is 6.61 Å². The number of aliphatic imine (C=N–C) groups is 1. The Labute approximate surface area is 130 Å². The van der Waals surface area contributed by atoms with Gasteiger partial charge in [0.25, 0.3) is 0 Å². The lowest BCUT2D eigenvalue weighted by Gasteiger charge is -2.26. The number of ether oxygens (including phenoxy) is 1. The number of hydrogen-bond donors (Lipinski definition) is 2. The molecular weight excluding hydrogens is 302 g/mol. The van der Waals surface area contributed by atoms with Crippen molar-refractivity contribution in [1.29, 1.82) is 0 Å². The van der Waals surface area contributed by atoms with Crippen LogP contribution in [0, 0.1) is 0 Å². The molecule has 1 aliphatic carbocycles. The fourth-order valence-electron chi connectivity index (χ4n) is 2.60. The molecule has 0 saturated heterocycles. The molecule has 1 aliphatic heterocycles. The molecule has 7 heteroatoms. The molecule has 2 aliphatic rings.